The molecule has 4 rings (SSSR count). The van der Waals surface area contributed by atoms with Gasteiger partial charge in [0.1, 0.15) is 5.70 Å². The fraction of sp³-hybridized carbons (Fsp3) is 0.0435. The second-order valence-electron chi connectivity index (χ2n) is 6.63. The summed E-state index contributed by atoms with van der Waals surface area (Å²) in [4.78, 5) is 27.7. The lowest BCUT2D eigenvalue weighted by molar-refractivity contribution is -0.120. The molecule has 29 heavy (non-hydrogen) atoms. The highest BCUT2D eigenvalue weighted by molar-refractivity contribution is 6.46. The van der Waals surface area contributed by atoms with Gasteiger partial charge in [-0.25, -0.2) is 4.90 Å². The number of aryl methyl sites for hydroxylation is 1. The summed E-state index contributed by atoms with van der Waals surface area (Å²) in [7, 11) is 0. The third kappa shape index (κ3) is 3.65. The number of halogens is 2. The molecule has 2 amide bonds. The molecule has 0 aliphatic carbocycles. The Labute approximate surface area is 178 Å². The number of para-hydroxylation sites is 1. The predicted octanol–water partition coefficient (Wildman–Crippen LogP) is 5.70. The van der Waals surface area contributed by atoms with Crippen LogP contribution in [-0.2, 0) is 9.59 Å². The summed E-state index contributed by atoms with van der Waals surface area (Å²) >= 11 is 12.2. The van der Waals surface area contributed by atoms with Crippen LogP contribution in [-0.4, -0.2) is 11.8 Å². The monoisotopic (exact) mass is 422 g/mol. The van der Waals surface area contributed by atoms with Crippen molar-refractivity contribution in [3.8, 4) is 0 Å². The van der Waals surface area contributed by atoms with Crippen molar-refractivity contribution in [2.75, 3.05) is 10.2 Å². The Morgan fingerprint density at radius 2 is 1.52 bits per heavy atom. The van der Waals surface area contributed by atoms with E-state index in [0.29, 0.717) is 27.0 Å². The van der Waals surface area contributed by atoms with Crippen LogP contribution in [0, 0.1) is 6.92 Å². The lowest BCUT2D eigenvalue weighted by atomic mass is 10.0. The minimum Gasteiger partial charge on any atom is -0.350 e. The third-order valence-electron chi connectivity index (χ3n) is 4.67. The van der Waals surface area contributed by atoms with Crippen LogP contribution in [0.1, 0.15) is 11.1 Å². The van der Waals surface area contributed by atoms with Gasteiger partial charge in [-0.15, -0.1) is 0 Å². The fourth-order valence-electron chi connectivity index (χ4n) is 3.16. The Hall–Kier alpha value is -3.08. The molecule has 0 aromatic heterocycles. The number of carbonyl (C=O) groups excluding carboxylic acids is 2. The van der Waals surface area contributed by atoms with Crippen LogP contribution in [0.15, 0.2) is 78.5 Å². The molecule has 4 nitrogen and oxygen atoms in total. The van der Waals surface area contributed by atoms with Crippen LogP contribution in [0.3, 0.4) is 0 Å². The molecule has 6 heteroatoms. The first-order chi connectivity index (χ1) is 14.0. The van der Waals surface area contributed by atoms with Gasteiger partial charge in [-0.05, 0) is 54.4 Å². The number of amides is 2. The highest BCUT2D eigenvalue weighted by atomic mass is 35.5. The molecule has 0 atom stereocenters. The van der Waals surface area contributed by atoms with Crippen molar-refractivity contribution in [2.45, 2.75) is 6.92 Å². The van der Waals surface area contributed by atoms with Crippen LogP contribution < -0.4 is 10.2 Å². The first kappa shape index (κ1) is 19.2. The first-order valence-corrected chi connectivity index (χ1v) is 9.68. The van der Waals surface area contributed by atoms with E-state index in [4.69, 9.17) is 23.2 Å². The number of anilines is 2. The number of rotatable bonds is 4. The van der Waals surface area contributed by atoms with Crippen molar-refractivity contribution < 1.29 is 9.59 Å². The van der Waals surface area contributed by atoms with Crippen molar-refractivity contribution in [1.82, 2.24) is 0 Å². The molecule has 0 unspecified atom stereocenters. The van der Waals surface area contributed by atoms with Gasteiger partial charge in [0, 0.05) is 15.7 Å². The molecular formula is C23H16Cl2N2O2. The minimum absolute atomic E-state index is 0.195. The van der Waals surface area contributed by atoms with Crippen LogP contribution in [0.4, 0.5) is 11.4 Å². The molecule has 0 saturated carbocycles. The second kappa shape index (κ2) is 7.74. The molecule has 1 aliphatic heterocycles. The van der Waals surface area contributed by atoms with E-state index in [1.807, 2.05) is 25.1 Å². The molecule has 0 bridgehead atoms. The molecule has 3 aromatic rings. The quantitative estimate of drug-likeness (QED) is 0.548. The largest absolute Gasteiger partial charge is 0.350 e. The summed E-state index contributed by atoms with van der Waals surface area (Å²) < 4.78 is 0. The van der Waals surface area contributed by atoms with Gasteiger partial charge < -0.3 is 5.32 Å². The molecule has 0 radical (unpaired) electrons. The van der Waals surface area contributed by atoms with Gasteiger partial charge in [0.05, 0.1) is 11.3 Å². The summed E-state index contributed by atoms with van der Waals surface area (Å²) in [5, 5.41) is 4.22. The predicted molar refractivity (Wildman–Crippen MR) is 117 cm³/mol. The number of nitrogens with zero attached hydrogens (tertiary/aromatic N) is 1. The standard InChI is InChI=1S/C23H16Cl2N2O2/c1-14-7-12-17(13-19(14)25)26-21-20(15-8-10-16(24)11-9-15)22(28)27(23(21)29)18-5-3-2-4-6-18/h2-13,26H,1H3. The Balaban J connectivity index is 1.82. The molecule has 1 N–H and O–H groups in total. The lowest BCUT2D eigenvalue weighted by Crippen LogP contribution is -2.32. The van der Waals surface area contributed by atoms with E-state index in [2.05, 4.69) is 5.32 Å². The van der Waals surface area contributed by atoms with Crippen LogP contribution in [0.25, 0.3) is 5.57 Å². The molecule has 1 aliphatic rings. The Morgan fingerprint density at radius 1 is 0.828 bits per heavy atom. The van der Waals surface area contributed by atoms with E-state index < -0.39 is 11.8 Å². The highest BCUT2D eigenvalue weighted by Gasteiger charge is 2.40. The summed E-state index contributed by atoms with van der Waals surface area (Å²) in [5.41, 5.74) is 3.13. The van der Waals surface area contributed by atoms with E-state index in [1.54, 1.807) is 54.6 Å². The molecule has 0 saturated heterocycles. The number of benzene rings is 3. The average molecular weight is 423 g/mol. The molecule has 3 aromatic carbocycles. The number of hydrogen-bond donors (Lipinski definition) is 1. The van der Waals surface area contributed by atoms with Gasteiger partial charge in [-0.3, -0.25) is 9.59 Å². The Kier molecular flexibility index (Phi) is 5.14. The fourth-order valence-corrected chi connectivity index (χ4v) is 3.46. The van der Waals surface area contributed by atoms with E-state index in [-0.39, 0.29) is 11.3 Å². The average Bonchev–Trinajstić information content (AvgIpc) is 2.96. The van der Waals surface area contributed by atoms with Crippen LogP contribution in [0.2, 0.25) is 10.0 Å². The molecule has 0 spiro atoms. The lowest BCUT2D eigenvalue weighted by Gasteiger charge is -2.15. The summed E-state index contributed by atoms with van der Waals surface area (Å²) in [6, 6.07) is 21.1. The summed E-state index contributed by atoms with van der Waals surface area (Å²) in [5.74, 6) is -0.827. The van der Waals surface area contributed by atoms with Gasteiger partial charge in [-0.2, -0.15) is 0 Å². The van der Waals surface area contributed by atoms with Gasteiger partial charge in [0.25, 0.3) is 11.8 Å². The number of hydrogen-bond acceptors (Lipinski definition) is 3. The normalized spacial score (nSPS) is 14.0. The first-order valence-electron chi connectivity index (χ1n) is 8.93. The zero-order valence-electron chi connectivity index (χ0n) is 15.4. The minimum atomic E-state index is -0.428. The van der Waals surface area contributed by atoms with Crippen molar-refractivity contribution >= 4 is 52.0 Å². The van der Waals surface area contributed by atoms with Gasteiger partial charge in [-0.1, -0.05) is 59.6 Å². The number of nitrogens with one attached hydrogen (secondary N) is 1. The highest BCUT2D eigenvalue weighted by Crippen LogP contribution is 2.34. The zero-order valence-corrected chi connectivity index (χ0v) is 17.0. The SMILES string of the molecule is Cc1ccc(NC2=C(c3ccc(Cl)cc3)C(=O)N(c3ccccc3)C2=O)cc1Cl. The summed E-state index contributed by atoms with van der Waals surface area (Å²) in [6.45, 7) is 1.89. The number of carbonyl (C=O) groups is 2. The van der Waals surface area contributed by atoms with Gasteiger partial charge in [0.2, 0.25) is 0 Å². The molecule has 1 heterocycles. The van der Waals surface area contributed by atoms with E-state index in [0.717, 1.165) is 5.56 Å². The second-order valence-corrected chi connectivity index (χ2v) is 7.47. The maximum Gasteiger partial charge on any atom is 0.282 e. The van der Waals surface area contributed by atoms with E-state index in [1.165, 1.54) is 4.90 Å². The number of imide groups is 1. The maximum absolute atomic E-state index is 13.3. The van der Waals surface area contributed by atoms with Crippen molar-refractivity contribution in [1.29, 1.82) is 0 Å². The maximum atomic E-state index is 13.3. The smallest absolute Gasteiger partial charge is 0.282 e. The van der Waals surface area contributed by atoms with Crippen molar-refractivity contribution in [3.63, 3.8) is 0 Å². The van der Waals surface area contributed by atoms with Crippen molar-refractivity contribution in [3.05, 3.63) is 99.7 Å². The van der Waals surface area contributed by atoms with Crippen molar-refractivity contribution in [2.24, 2.45) is 0 Å². The third-order valence-corrected chi connectivity index (χ3v) is 5.33. The molecule has 144 valence electrons. The van der Waals surface area contributed by atoms with Gasteiger partial charge in [0.15, 0.2) is 0 Å². The van der Waals surface area contributed by atoms with Crippen LogP contribution >= 0.6 is 23.2 Å². The van der Waals surface area contributed by atoms with E-state index in [9.17, 15) is 9.59 Å². The van der Waals surface area contributed by atoms with E-state index >= 15 is 0 Å². The Morgan fingerprint density at radius 3 is 2.17 bits per heavy atom. The molecule has 0 fully saturated rings. The zero-order chi connectivity index (χ0) is 20.5. The summed E-state index contributed by atoms with van der Waals surface area (Å²) in [6.07, 6.45) is 0. The van der Waals surface area contributed by atoms with Gasteiger partial charge >= 0.3 is 0 Å². The van der Waals surface area contributed by atoms with Crippen LogP contribution in [0.5, 0.6) is 0 Å². The molecular weight excluding hydrogens is 407 g/mol. The Bertz CT molecular complexity index is 1140. The topological polar surface area (TPSA) is 49.4 Å².